The molecule has 0 radical (unpaired) electrons. The molecule has 1 amide bonds. The van der Waals surface area contributed by atoms with Crippen LogP contribution in [0.25, 0.3) is 0 Å². The predicted molar refractivity (Wildman–Crippen MR) is 125 cm³/mol. The van der Waals surface area contributed by atoms with E-state index in [0.29, 0.717) is 12.6 Å². The fraction of sp³-hybridized carbons (Fsp3) is 0.741. The minimum Gasteiger partial charge on any atom is -0.493 e. The number of nitrogens with zero attached hydrogens (tertiary/aromatic N) is 1. The lowest BCUT2D eigenvalue weighted by atomic mass is 9.35. The van der Waals surface area contributed by atoms with Crippen molar-refractivity contribution in [3.8, 4) is 11.5 Å². The van der Waals surface area contributed by atoms with Gasteiger partial charge in [-0.25, -0.2) is 0 Å². The summed E-state index contributed by atoms with van der Waals surface area (Å²) in [6, 6.07) is 4.89. The lowest BCUT2D eigenvalue weighted by Gasteiger charge is -2.74. The number of fused-ring (bicyclic) bond motifs is 2. The number of carbonyl (C=O) groups is 1. The van der Waals surface area contributed by atoms with E-state index >= 15 is 0 Å². The van der Waals surface area contributed by atoms with Gasteiger partial charge in [0.05, 0.1) is 13.7 Å². The van der Waals surface area contributed by atoms with Crippen LogP contribution < -0.4 is 15.2 Å². The van der Waals surface area contributed by atoms with Crippen molar-refractivity contribution in [1.82, 2.24) is 4.90 Å². The number of primary amides is 1. The number of amides is 1. The van der Waals surface area contributed by atoms with Gasteiger partial charge in [0.1, 0.15) is 18.3 Å². The van der Waals surface area contributed by atoms with Gasteiger partial charge in [-0.2, -0.15) is 0 Å². The van der Waals surface area contributed by atoms with Gasteiger partial charge in [0, 0.05) is 42.0 Å². The maximum Gasteiger partial charge on any atom is 0.243 e. The van der Waals surface area contributed by atoms with Gasteiger partial charge in [-0.05, 0) is 69.0 Å². The van der Waals surface area contributed by atoms with Gasteiger partial charge < -0.3 is 24.7 Å². The highest BCUT2D eigenvalue weighted by Gasteiger charge is 2.80. The van der Waals surface area contributed by atoms with E-state index in [0.717, 1.165) is 56.1 Å². The molecule has 2 N–H and O–H groups in total. The summed E-state index contributed by atoms with van der Waals surface area (Å²) in [6.45, 7) is 2.78. The average Bonchev–Trinajstić information content (AvgIpc) is 3.57. The second kappa shape index (κ2) is 7.11. The Bertz CT molecular complexity index is 1040. The number of hydrogen-bond donors (Lipinski definition) is 1. The molecule has 2 heterocycles. The van der Waals surface area contributed by atoms with Crippen molar-refractivity contribution >= 4 is 5.91 Å². The molecule has 7 aliphatic rings. The third-order valence-corrected chi connectivity index (χ3v) is 10.6. The minimum atomic E-state index is -0.443. The van der Waals surface area contributed by atoms with E-state index < -0.39 is 11.5 Å². The van der Waals surface area contributed by atoms with E-state index in [-0.39, 0.29) is 29.5 Å². The first kappa shape index (κ1) is 21.5. The van der Waals surface area contributed by atoms with Crippen LogP contribution in [0.3, 0.4) is 0 Å². The Morgan fingerprint density at radius 3 is 2.82 bits per heavy atom. The number of piperidine rings is 1. The van der Waals surface area contributed by atoms with Gasteiger partial charge in [0.2, 0.25) is 5.91 Å². The van der Waals surface area contributed by atoms with Crippen LogP contribution in [0.15, 0.2) is 12.1 Å². The highest BCUT2D eigenvalue weighted by molar-refractivity contribution is 5.75. The number of likely N-dealkylation sites (tertiary alicyclic amines) is 1. The Morgan fingerprint density at radius 1 is 1.24 bits per heavy atom. The zero-order chi connectivity index (χ0) is 23.3. The number of carbonyl (C=O) groups excluding carboxylic acids is 1. The fourth-order valence-electron chi connectivity index (χ4n) is 9.20. The van der Waals surface area contributed by atoms with E-state index in [1.807, 2.05) is 7.11 Å². The summed E-state index contributed by atoms with van der Waals surface area (Å²) >= 11 is 0. The highest BCUT2D eigenvalue weighted by Crippen LogP contribution is 2.76. The van der Waals surface area contributed by atoms with Crippen LogP contribution in [-0.4, -0.2) is 69.1 Å². The number of methoxy groups -OCH3 is 2. The van der Waals surface area contributed by atoms with Gasteiger partial charge in [0.15, 0.2) is 11.5 Å². The van der Waals surface area contributed by atoms with Gasteiger partial charge in [-0.15, -0.1) is 0 Å². The summed E-state index contributed by atoms with van der Waals surface area (Å²) in [7, 11) is 3.57. The van der Waals surface area contributed by atoms with Crippen molar-refractivity contribution in [3.63, 3.8) is 0 Å². The molecule has 3 unspecified atom stereocenters. The van der Waals surface area contributed by atoms with E-state index in [4.69, 9.17) is 24.7 Å². The molecule has 4 bridgehead atoms. The quantitative estimate of drug-likeness (QED) is 0.631. The first-order valence-corrected chi connectivity index (χ1v) is 13.0. The maximum atomic E-state index is 11.4. The van der Waals surface area contributed by atoms with Crippen molar-refractivity contribution < 1.29 is 23.7 Å². The van der Waals surface area contributed by atoms with Crippen LogP contribution in [0.2, 0.25) is 0 Å². The van der Waals surface area contributed by atoms with Crippen molar-refractivity contribution in [2.75, 3.05) is 40.5 Å². The summed E-state index contributed by atoms with van der Waals surface area (Å²) in [6.07, 6.45) is 8.02. The summed E-state index contributed by atoms with van der Waals surface area (Å²) in [4.78, 5) is 14.2. The van der Waals surface area contributed by atoms with Crippen LogP contribution in [0.4, 0.5) is 0 Å². The van der Waals surface area contributed by atoms with Gasteiger partial charge in [-0.1, -0.05) is 6.07 Å². The van der Waals surface area contributed by atoms with E-state index in [9.17, 15) is 4.79 Å². The topological polar surface area (TPSA) is 83.2 Å². The van der Waals surface area contributed by atoms with Crippen molar-refractivity contribution in [2.24, 2.45) is 23.0 Å². The molecule has 1 aromatic rings. The summed E-state index contributed by atoms with van der Waals surface area (Å²) in [5.41, 5.74) is 7.87. The molecular weight excluding hydrogens is 432 g/mol. The number of hydrogen-bond acceptors (Lipinski definition) is 6. The molecule has 5 fully saturated rings. The van der Waals surface area contributed by atoms with Crippen LogP contribution in [0, 0.1) is 17.3 Å². The standard InChI is InChI=1S/C27H36N2O5/c1-31-19-6-5-17-11-20-25-7-8-27(32-2,18(12-25)14-33-15-21(28)30)24-26(25,22(17)23(19)34-24)9-10-29(20)13-16-3-4-16/h5-6,16,18,20,24H,3-4,7-15H2,1-2H3,(H2,28,30)/t18-,20-,24-,25?,26?,27?/m1/s1. The second-order valence-corrected chi connectivity index (χ2v) is 11.7. The van der Waals surface area contributed by atoms with Crippen molar-refractivity contribution in [1.29, 1.82) is 0 Å². The number of rotatable bonds is 8. The molecule has 2 aliphatic heterocycles. The molecule has 184 valence electrons. The molecule has 7 nitrogen and oxygen atoms in total. The van der Waals surface area contributed by atoms with Crippen LogP contribution in [0.5, 0.6) is 11.5 Å². The largest absolute Gasteiger partial charge is 0.493 e. The second-order valence-electron chi connectivity index (χ2n) is 11.7. The summed E-state index contributed by atoms with van der Waals surface area (Å²) < 4.78 is 25.1. The first-order valence-electron chi connectivity index (χ1n) is 13.0. The minimum absolute atomic E-state index is 0.0462. The fourth-order valence-corrected chi connectivity index (χ4v) is 9.20. The third-order valence-electron chi connectivity index (χ3n) is 10.6. The molecule has 4 saturated carbocycles. The Kier molecular flexibility index (Phi) is 4.49. The maximum absolute atomic E-state index is 11.4. The average molecular weight is 469 g/mol. The molecule has 34 heavy (non-hydrogen) atoms. The zero-order valence-electron chi connectivity index (χ0n) is 20.3. The first-order chi connectivity index (χ1) is 16.5. The molecule has 7 heteroatoms. The molecule has 1 saturated heterocycles. The normalized spacial score (nSPS) is 41.2. The Morgan fingerprint density at radius 2 is 2.09 bits per heavy atom. The number of ether oxygens (including phenoxy) is 4. The molecule has 2 spiro atoms. The number of benzene rings is 1. The predicted octanol–water partition coefficient (Wildman–Crippen LogP) is 2.42. The van der Waals surface area contributed by atoms with Crippen LogP contribution in [0.1, 0.15) is 49.7 Å². The molecule has 8 rings (SSSR count). The molecule has 1 aromatic carbocycles. The Hall–Kier alpha value is -1.83. The Balaban J connectivity index is 1.39. The molecule has 0 aromatic heterocycles. The van der Waals surface area contributed by atoms with Crippen molar-refractivity contribution in [2.45, 2.75) is 68.1 Å². The molecule has 5 aliphatic carbocycles. The van der Waals surface area contributed by atoms with Gasteiger partial charge in [-0.3, -0.25) is 9.69 Å². The van der Waals surface area contributed by atoms with E-state index in [2.05, 4.69) is 17.0 Å². The lowest BCUT2D eigenvalue weighted by molar-refractivity contribution is -0.283. The number of nitrogens with two attached hydrogens (primary N) is 1. The van der Waals surface area contributed by atoms with Crippen LogP contribution in [-0.2, 0) is 26.1 Å². The summed E-state index contributed by atoms with van der Waals surface area (Å²) in [5.74, 6) is 2.39. The van der Waals surface area contributed by atoms with E-state index in [1.165, 1.54) is 30.5 Å². The Labute approximate surface area is 201 Å². The van der Waals surface area contributed by atoms with Gasteiger partial charge in [0.25, 0.3) is 0 Å². The SMILES string of the molecule is COc1ccc2c3c1O[C@H]1C4(OC)CCC5(C[C@@H]4COCC(N)=O)[C@@H](C2)N(CC2CC2)CCC315. The van der Waals surface area contributed by atoms with E-state index in [1.54, 1.807) is 7.11 Å². The highest BCUT2D eigenvalue weighted by atomic mass is 16.6. The van der Waals surface area contributed by atoms with Crippen LogP contribution >= 0.6 is 0 Å². The zero-order valence-corrected chi connectivity index (χ0v) is 20.3. The third kappa shape index (κ3) is 2.46. The summed E-state index contributed by atoms with van der Waals surface area (Å²) in [5, 5.41) is 0. The lowest BCUT2D eigenvalue weighted by Crippen LogP contribution is -2.81. The smallest absolute Gasteiger partial charge is 0.243 e. The van der Waals surface area contributed by atoms with Gasteiger partial charge >= 0.3 is 0 Å². The monoisotopic (exact) mass is 468 g/mol. The molecular formula is C27H36N2O5. The molecule has 6 atom stereocenters. The van der Waals surface area contributed by atoms with Crippen molar-refractivity contribution in [3.05, 3.63) is 23.3 Å².